The van der Waals surface area contributed by atoms with Crippen molar-refractivity contribution in [2.75, 3.05) is 14.2 Å². The quantitative estimate of drug-likeness (QED) is 0.532. The van der Waals surface area contributed by atoms with Crippen LogP contribution in [0.25, 0.3) is 28.2 Å². The molecule has 0 fully saturated rings. The van der Waals surface area contributed by atoms with E-state index in [1.807, 2.05) is 0 Å². The molecule has 0 radical (unpaired) electrons. The van der Waals surface area contributed by atoms with Crippen molar-refractivity contribution in [1.29, 1.82) is 0 Å². The maximum absolute atomic E-state index is 13.3. The van der Waals surface area contributed by atoms with Crippen molar-refractivity contribution < 1.29 is 22.6 Å². The molecule has 0 saturated heterocycles. The van der Waals surface area contributed by atoms with Crippen LogP contribution in [-0.2, 0) is 6.18 Å². The fourth-order valence-electron chi connectivity index (χ4n) is 2.92. The zero-order valence-electron chi connectivity index (χ0n) is 15.1. The summed E-state index contributed by atoms with van der Waals surface area (Å²) in [7, 11) is 2.78. The lowest BCUT2D eigenvalue weighted by Gasteiger charge is -2.12. The SMILES string of the molecule is COc1cc(-c2nc(C)c3nnc4ccc(OC)nc4n23)cc(C(F)(F)F)c1. The maximum atomic E-state index is 13.3. The second-order valence-electron chi connectivity index (χ2n) is 6.02. The van der Waals surface area contributed by atoms with Crippen LogP contribution in [0, 0.1) is 6.92 Å². The molecule has 0 N–H and O–H groups in total. The van der Waals surface area contributed by atoms with Crippen LogP contribution >= 0.6 is 0 Å². The average Bonchev–Trinajstić information content (AvgIpc) is 3.03. The van der Waals surface area contributed by atoms with Gasteiger partial charge in [-0.1, -0.05) is 0 Å². The highest BCUT2D eigenvalue weighted by atomic mass is 19.4. The van der Waals surface area contributed by atoms with Gasteiger partial charge in [0.2, 0.25) is 5.88 Å². The minimum Gasteiger partial charge on any atom is -0.497 e. The Balaban J connectivity index is 2.08. The molecule has 4 aromatic rings. The van der Waals surface area contributed by atoms with Crippen molar-refractivity contribution in [3.63, 3.8) is 0 Å². The molecule has 0 aliphatic rings. The molecule has 0 spiro atoms. The largest absolute Gasteiger partial charge is 0.497 e. The van der Waals surface area contributed by atoms with E-state index in [4.69, 9.17) is 9.47 Å². The molecule has 0 aliphatic carbocycles. The number of ether oxygens (including phenoxy) is 2. The minimum atomic E-state index is -4.53. The van der Waals surface area contributed by atoms with E-state index in [1.165, 1.54) is 20.3 Å². The molecule has 3 heterocycles. The van der Waals surface area contributed by atoms with Crippen molar-refractivity contribution in [1.82, 2.24) is 24.6 Å². The molecule has 3 aromatic heterocycles. The first-order chi connectivity index (χ1) is 13.3. The number of hydrogen-bond donors (Lipinski definition) is 0. The zero-order chi connectivity index (χ0) is 20.1. The Hall–Kier alpha value is -3.43. The van der Waals surface area contributed by atoms with Gasteiger partial charge in [-0.3, -0.25) is 4.40 Å². The number of rotatable bonds is 3. The Morgan fingerprint density at radius 2 is 1.71 bits per heavy atom. The van der Waals surface area contributed by atoms with Gasteiger partial charge < -0.3 is 9.47 Å². The van der Waals surface area contributed by atoms with Gasteiger partial charge in [0.1, 0.15) is 17.1 Å². The van der Waals surface area contributed by atoms with Gasteiger partial charge >= 0.3 is 6.18 Å². The monoisotopic (exact) mass is 389 g/mol. The Labute approximate surface area is 156 Å². The molecule has 0 aliphatic heterocycles. The van der Waals surface area contributed by atoms with Crippen LogP contribution in [0.4, 0.5) is 13.2 Å². The number of halogens is 3. The number of nitrogens with zero attached hydrogens (tertiary/aromatic N) is 5. The predicted octanol–water partition coefficient (Wildman–Crippen LogP) is 3.68. The van der Waals surface area contributed by atoms with Gasteiger partial charge in [0.25, 0.3) is 0 Å². The van der Waals surface area contributed by atoms with E-state index >= 15 is 0 Å². The molecule has 1 aromatic carbocycles. The maximum Gasteiger partial charge on any atom is 0.416 e. The third-order valence-electron chi connectivity index (χ3n) is 4.25. The van der Waals surface area contributed by atoms with Crippen molar-refractivity contribution in [3.05, 3.63) is 41.6 Å². The summed E-state index contributed by atoms with van der Waals surface area (Å²) in [5, 5.41) is 8.25. The van der Waals surface area contributed by atoms with Gasteiger partial charge in [-0.05, 0) is 31.2 Å². The van der Waals surface area contributed by atoms with Crippen LogP contribution in [0.2, 0.25) is 0 Å². The van der Waals surface area contributed by atoms with E-state index in [-0.39, 0.29) is 17.1 Å². The molecule has 7 nitrogen and oxygen atoms in total. The fraction of sp³-hybridized carbons (Fsp3) is 0.222. The summed E-state index contributed by atoms with van der Waals surface area (Å²) in [4.78, 5) is 8.80. The smallest absolute Gasteiger partial charge is 0.416 e. The zero-order valence-corrected chi connectivity index (χ0v) is 15.1. The molecule has 0 bridgehead atoms. The lowest BCUT2D eigenvalue weighted by Crippen LogP contribution is -2.06. The second kappa shape index (κ2) is 6.32. The van der Waals surface area contributed by atoms with Gasteiger partial charge in [0.05, 0.1) is 25.5 Å². The van der Waals surface area contributed by atoms with Crippen LogP contribution in [0.15, 0.2) is 30.3 Å². The fourth-order valence-corrected chi connectivity index (χ4v) is 2.92. The van der Waals surface area contributed by atoms with Crippen LogP contribution in [0.1, 0.15) is 11.3 Å². The molecule has 0 saturated carbocycles. The summed E-state index contributed by atoms with van der Waals surface area (Å²) < 4.78 is 51.8. The second-order valence-corrected chi connectivity index (χ2v) is 6.02. The van der Waals surface area contributed by atoms with E-state index in [0.29, 0.717) is 28.4 Å². The van der Waals surface area contributed by atoms with Crippen LogP contribution in [-0.4, -0.2) is 38.8 Å². The molecule has 144 valence electrons. The van der Waals surface area contributed by atoms with Crippen LogP contribution < -0.4 is 9.47 Å². The Morgan fingerprint density at radius 1 is 0.929 bits per heavy atom. The predicted molar refractivity (Wildman–Crippen MR) is 94.4 cm³/mol. The number of pyridine rings is 1. The molecular formula is C18H14F3N5O2. The third-order valence-corrected chi connectivity index (χ3v) is 4.25. The molecule has 0 atom stereocenters. The van der Waals surface area contributed by atoms with Gasteiger partial charge in [-0.15, -0.1) is 10.2 Å². The highest BCUT2D eigenvalue weighted by molar-refractivity contribution is 5.78. The van der Waals surface area contributed by atoms with Gasteiger partial charge in [-0.25, -0.2) is 4.98 Å². The highest BCUT2D eigenvalue weighted by Crippen LogP contribution is 2.36. The number of hydrogen-bond acceptors (Lipinski definition) is 6. The Bertz CT molecular complexity index is 1200. The van der Waals surface area contributed by atoms with Crippen molar-refractivity contribution >= 4 is 16.8 Å². The lowest BCUT2D eigenvalue weighted by molar-refractivity contribution is -0.137. The summed E-state index contributed by atoms with van der Waals surface area (Å²) in [6.07, 6.45) is -4.53. The standard InChI is InChI=1S/C18H14F3N5O2/c1-9-15-25-24-13-4-5-14(28-3)23-17(13)26(15)16(22-9)10-6-11(18(19,20)21)8-12(7-10)27-2/h4-8H,1-3H3. The van der Waals surface area contributed by atoms with Gasteiger partial charge in [0.15, 0.2) is 11.3 Å². The van der Waals surface area contributed by atoms with E-state index in [9.17, 15) is 13.2 Å². The first-order valence-electron chi connectivity index (χ1n) is 8.15. The first-order valence-corrected chi connectivity index (χ1v) is 8.15. The summed E-state index contributed by atoms with van der Waals surface area (Å²) in [5.41, 5.74) is 1.09. The summed E-state index contributed by atoms with van der Waals surface area (Å²) in [6.45, 7) is 1.70. The van der Waals surface area contributed by atoms with Crippen LogP contribution in [0.3, 0.4) is 0 Å². The number of imidazole rings is 1. The van der Waals surface area contributed by atoms with Crippen molar-refractivity contribution in [2.45, 2.75) is 13.1 Å². The Morgan fingerprint density at radius 3 is 2.39 bits per heavy atom. The number of alkyl halides is 3. The molecule has 10 heteroatoms. The van der Waals surface area contributed by atoms with Crippen LogP contribution in [0.5, 0.6) is 11.6 Å². The molecule has 0 amide bonds. The molecule has 0 unspecified atom stereocenters. The average molecular weight is 389 g/mol. The van der Waals surface area contributed by atoms with E-state index in [0.717, 1.165) is 12.1 Å². The topological polar surface area (TPSA) is 74.4 Å². The summed E-state index contributed by atoms with van der Waals surface area (Å²) >= 11 is 0. The number of aromatic nitrogens is 5. The Kier molecular flexibility index (Phi) is 4.06. The highest BCUT2D eigenvalue weighted by Gasteiger charge is 2.32. The summed E-state index contributed by atoms with van der Waals surface area (Å²) in [6, 6.07) is 6.73. The number of methoxy groups -OCH3 is 2. The van der Waals surface area contributed by atoms with E-state index < -0.39 is 11.7 Å². The van der Waals surface area contributed by atoms with Gasteiger partial charge in [-0.2, -0.15) is 18.2 Å². The molecule has 28 heavy (non-hydrogen) atoms. The van der Waals surface area contributed by atoms with Crippen molar-refractivity contribution in [3.8, 4) is 23.0 Å². The normalized spacial score (nSPS) is 11.9. The molecule has 4 rings (SSSR count). The minimum absolute atomic E-state index is 0.0658. The summed E-state index contributed by atoms with van der Waals surface area (Å²) in [5.74, 6) is 0.648. The van der Waals surface area contributed by atoms with E-state index in [1.54, 1.807) is 23.5 Å². The van der Waals surface area contributed by atoms with Crippen molar-refractivity contribution in [2.24, 2.45) is 0 Å². The number of aryl methyl sites for hydroxylation is 1. The van der Waals surface area contributed by atoms with E-state index in [2.05, 4.69) is 20.2 Å². The number of fused-ring (bicyclic) bond motifs is 3. The third kappa shape index (κ3) is 2.86. The van der Waals surface area contributed by atoms with Gasteiger partial charge in [0, 0.05) is 11.6 Å². The number of benzene rings is 1. The lowest BCUT2D eigenvalue weighted by atomic mass is 10.1. The first kappa shape index (κ1) is 18.0. The molecular weight excluding hydrogens is 375 g/mol.